The minimum absolute atomic E-state index is 0.141. The predicted octanol–water partition coefficient (Wildman–Crippen LogP) is 3.96. The molecule has 4 nitrogen and oxygen atoms in total. The maximum atomic E-state index is 11.4. The molecule has 114 valence electrons. The SMILES string of the molecule is COC(=O)c1ccc(/C=C/c2cc(I)c(O)c(OC)c2)cc1. The van der Waals surface area contributed by atoms with Gasteiger partial charge in [-0.1, -0.05) is 24.3 Å². The third-order valence-corrected chi connectivity index (χ3v) is 3.89. The molecule has 0 unspecified atom stereocenters. The maximum Gasteiger partial charge on any atom is 0.337 e. The molecule has 0 spiro atoms. The van der Waals surface area contributed by atoms with Crippen LogP contribution in [0.2, 0.25) is 0 Å². The van der Waals surface area contributed by atoms with E-state index in [4.69, 9.17) is 4.74 Å². The van der Waals surface area contributed by atoms with Crippen LogP contribution in [0.1, 0.15) is 21.5 Å². The van der Waals surface area contributed by atoms with Gasteiger partial charge in [0.05, 0.1) is 23.4 Å². The van der Waals surface area contributed by atoms with Crippen LogP contribution < -0.4 is 4.74 Å². The van der Waals surface area contributed by atoms with Crippen molar-refractivity contribution in [2.45, 2.75) is 0 Å². The van der Waals surface area contributed by atoms with Crippen molar-refractivity contribution in [2.24, 2.45) is 0 Å². The van der Waals surface area contributed by atoms with E-state index in [1.807, 2.05) is 30.4 Å². The fourth-order valence-corrected chi connectivity index (χ4v) is 2.51. The summed E-state index contributed by atoms with van der Waals surface area (Å²) in [6.45, 7) is 0. The standard InChI is InChI=1S/C17H15IO4/c1-21-15-10-12(9-14(18)16(15)19)4-3-11-5-7-13(8-6-11)17(20)22-2/h3-10,19H,1-2H3/b4-3+. The molecule has 0 saturated carbocycles. The molecule has 2 aromatic rings. The molecule has 0 heterocycles. The molecule has 0 bridgehead atoms. The van der Waals surface area contributed by atoms with Crippen LogP contribution in [0.15, 0.2) is 36.4 Å². The van der Waals surface area contributed by atoms with Crippen molar-refractivity contribution in [1.29, 1.82) is 0 Å². The molecule has 1 N–H and O–H groups in total. The molecule has 5 heteroatoms. The van der Waals surface area contributed by atoms with Crippen LogP contribution in [0.4, 0.5) is 0 Å². The minimum atomic E-state index is -0.353. The first-order valence-electron chi connectivity index (χ1n) is 6.48. The molecule has 2 rings (SSSR count). The summed E-state index contributed by atoms with van der Waals surface area (Å²) in [7, 11) is 2.88. The third-order valence-electron chi connectivity index (χ3n) is 3.07. The van der Waals surface area contributed by atoms with E-state index in [9.17, 15) is 9.90 Å². The highest BCUT2D eigenvalue weighted by atomic mass is 127. The van der Waals surface area contributed by atoms with Crippen molar-refractivity contribution in [1.82, 2.24) is 0 Å². The highest BCUT2D eigenvalue weighted by molar-refractivity contribution is 14.1. The van der Waals surface area contributed by atoms with Gasteiger partial charge in [0.15, 0.2) is 11.5 Å². The number of esters is 1. The van der Waals surface area contributed by atoms with Crippen LogP contribution >= 0.6 is 22.6 Å². The summed E-state index contributed by atoms with van der Waals surface area (Å²) >= 11 is 2.05. The zero-order chi connectivity index (χ0) is 16.1. The first kappa shape index (κ1) is 16.4. The first-order chi connectivity index (χ1) is 10.5. The van der Waals surface area contributed by atoms with Crippen LogP contribution in [-0.2, 0) is 4.74 Å². The number of aromatic hydroxyl groups is 1. The highest BCUT2D eigenvalue weighted by Crippen LogP contribution is 2.32. The molecule has 0 aliphatic heterocycles. The fourth-order valence-electron chi connectivity index (χ4n) is 1.89. The van der Waals surface area contributed by atoms with Crippen molar-refractivity contribution in [2.75, 3.05) is 14.2 Å². The van der Waals surface area contributed by atoms with Gasteiger partial charge in [0.2, 0.25) is 0 Å². The van der Waals surface area contributed by atoms with Gasteiger partial charge in [0.25, 0.3) is 0 Å². The van der Waals surface area contributed by atoms with Gasteiger partial charge in [-0.15, -0.1) is 0 Å². The zero-order valence-electron chi connectivity index (χ0n) is 12.2. The van der Waals surface area contributed by atoms with Gasteiger partial charge in [-0.2, -0.15) is 0 Å². The Morgan fingerprint density at radius 1 is 1.09 bits per heavy atom. The molecule has 0 saturated heterocycles. The summed E-state index contributed by atoms with van der Waals surface area (Å²) in [5.41, 5.74) is 2.38. The van der Waals surface area contributed by atoms with Crippen LogP contribution in [0.5, 0.6) is 11.5 Å². The Morgan fingerprint density at radius 2 is 1.73 bits per heavy atom. The van der Waals surface area contributed by atoms with Crippen molar-refractivity contribution in [3.05, 3.63) is 56.7 Å². The van der Waals surface area contributed by atoms with Gasteiger partial charge in [-0.3, -0.25) is 0 Å². The lowest BCUT2D eigenvalue weighted by atomic mass is 10.1. The van der Waals surface area contributed by atoms with E-state index in [0.29, 0.717) is 11.3 Å². The van der Waals surface area contributed by atoms with Gasteiger partial charge < -0.3 is 14.6 Å². The molecule has 2 aromatic carbocycles. The zero-order valence-corrected chi connectivity index (χ0v) is 14.3. The second kappa shape index (κ2) is 7.31. The number of phenolic OH excluding ortho intramolecular Hbond substituents is 1. The summed E-state index contributed by atoms with van der Waals surface area (Å²) in [5.74, 6) is 0.226. The third kappa shape index (κ3) is 3.79. The summed E-state index contributed by atoms with van der Waals surface area (Å²) < 4.78 is 10.5. The maximum absolute atomic E-state index is 11.4. The van der Waals surface area contributed by atoms with Crippen molar-refractivity contribution >= 4 is 40.7 Å². The summed E-state index contributed by atoms with van der Waals surface area (Å²) in [6, 6.07) is 10.7. The Hall–Kier alpha value is -2.02. The molecular weight excluding hydrogens is 395 g/mol. The van der Waals surface area contributed by atoms with Gasteiger partial charge in [0.1, 0.15) is 0 Å². The Bertz CT molecular complexity index is 705. The topological polar surface area (TPSA) is 55.8 Å². The summed E-state index contributed by atoms with van der Waals surface area (Å²) in [6.07, 6.45) is 3.83. The molecule has 0 atom stereocenters. The van der Waals surface area contributed by atoms with E-state index in [2.05, 4.69) is 27.3 Å². The Balaban J connectivity index is 2.21. The molecule has 0 radical (unpaired) electrons. The number of halogens is 1. The molecule has 0 fully saturated rings. The number of phenols is 1. The lowest BCUT2D eigenvalue weighted by molar-refractivity contribution is 0.0600. The largest absolute Gasteiger partial charge is 0.504 e. The second-order valence-corrected chi connectivity index (χ2v) is 5.66. The van der Waals surface area contributed by atoms with Gasteiger partial charge in [0, 0.05) is 0 Å². The number of methoxy groups -OCH3 is 2. The van der Waals surface area contributed by atoms with Gasteiger partial charge >= 0.3 is 5.97 Å². The van der Waals surface area contributed by atoms with Crippen LogP contribution in [0.3, 0.4) is 0 Å². The predicted molar refractivity (Wildman–Crippen MR) is 94.1 cm³/mol. The molecule has 0 aliphatic rings. The molecule has 0 amide bonds. The van der Waals surface area contributed by atoms with E-state index in [1.165, 1.54) is 14.2 Å². The van der Waals surface area contributed by atoms with E-state index in [0.717, 1.165) is 14.7 Å². The number of carbonyl (C=O) groups excluding carboxylic acids is 1. The number of benzene rings is 2. The second-order valence-electron chi connectivity index (χ2n) is 4.50. The average molecular weight is 410 g/mol. The Kier molecular flexibility index (Phi) is 5.43. The Morgan fingerprint density at radius 3 is 2.32 bits per heavy atom. The van der Waals surface area contributed by atoms with Gasteiger partial charge in [-0.25, -0.2) is 4.79 Å². The number of ether oxygens (including phenoxy) is 2. The molecule has 22 heavy (non-hydrogen) atoms. The van der Waals surface area contributed by atoms with Crippen molar-refractivity contribution < 1.29 is 19.4 Å². The molecular formula is C17H15IO4. The lowest BCUT2D eigenvalue weighted by Gasteiger charge is -2.06. The number of hydrogen-bond donors (Lipinski definition) is 1. The van der Waals surface area contributed by atoms with E-state index in [-0.39, 0.29) is 11.7 Å². The van der Waals surface area contributed by atoms with Crippen LogP contribution in [-0.4, -0.2) is 25.3 Å². The quantitative estimate of drug-likeness (QED) is 0.471. The first-order valence-corrected chi connectivity index (χ1v) is 7.56. The van der Waals surface area contributed by atoms with E-state index in [1.54, 1.807) is 18.2 Å². The normalized spacial score (nSPS) is 10.7. The average Bonchev–Trinajstić information content (AvgIpc) is 2.55. The summed E-state index contributed by atoms with van der Waals surface area (Å²) in [5, 5.41) is 9.81. The van der Waals surface area contributed by atoms with E-state index >= 15 is 0 Å². The monoisotopic (exact) mass is 410 g/mol. The Labute approximate surface area is 142 Å². The van der Waals surface area contributed by atoms with Crippen LogP contribution in [0, 0.1) is 3.57 Å². The molecule has 0 aliphatic carbocycles. The van der Waals surface area contributed by atoms with Crippen molar-refractivity contribution in [3.63, 3.8) is 0 Å². The fraction of sp³-hybridized carbons (Fsp3) is 0.118. The number of hydrogen-bond acceptors (Lipinski definition) is 4. The van der Waals surface area contributed by atoms with Crippen molar-refractivity contribution in [3.8, 4) is 11.5 Å². The lowest BCUT2D eigenvalue weighted by Crippen LogP contribution is -2.00. The van der Waals surface area contributed by atoms with E-state index < -0.39 is 0 Å². The minimum Gasteiger partial charge on any atom is -0.504 e. The number of carbonyl (C=O) groups is 1. The highest BCUT2D eigenvalue weighted by Gasteiger charge is 2.07. The summed E-state index contributed by atoms with van der Waals surface area (Å²) in [4.78, 5) is 11.4. The number of rotatable bonds is 4. The van der Waals surface area contributed by atoms with Crippen LogP contribution in [0.25, 0.3) is 12.2 Å². The van der Waals surface area contributed by atoms with Gasteiger partial charge in [-0.05, 0) is 58.0 Å². The molecule has 0 aromatic heterocycles. The smallest absolute Gasteiger partial charge is 0.337 e.